The minimum Gasteiger partial charge on any atom is -0.484 e. The third-order valence-electron chi connectivity index (χ3n) is 3.68. The maximum absolute atomic E-state index is 14.1. The molecule has 0 aromatic heterocycles. The van der Waals surface area contributed by atoms with Gasteiger partial charge in [0.1, 0.15) is 18.0 Å². The molecule has 1 aliphatic heterocycles. The Balaban J connectivity index is 1.67. The van der Waals surface area contributed by atoms with Gasteiger partial charge in [-0.25, -0.2) is 8.78 Å². The number of hydrogen-bond donors (Lipinski definition) is 1. The molecule has 25 heavy (non-hydrogen) atoms. The van der Waals surface area contributed by atoms with Gasteiger partial charge in [0.15, 0.2) is 17.7 Å². The van der Waals surface area contributed by atoms with Gasteiger partial charge in [0, 0.05) is 17.0 Å². The highest BCUT2D eigenvalue weighted by atomic mass is 35.5. The fourth-order valence-electron chi connectivity index (χ4n) is 2.45. The number of rotatable bonds is 5. The van der Waals surface area contributed by atoms with Gasteiger partial charge >= 0.3 is 0 Å². The van der Waals surface area contributed by atoms with Crippen LogP contribution in [-0.2, 0) is 4.84 Å². The molecule has 8 heteroatoms. The lowest BCUT2D eigenvalue weighted by Crippen LogP contribution is -2.17. The third kappa shape index (κ3) is 3.56. The van der Waals surface area contributed by atoms with Crippen LogP contribution in [0.4, 0.5) is 8.78 Å². The highest BCUT2D eigenvalue weighted by Crippen LogP contribution is 2.32. The molecule has 1 amide bonds. The summed E-state index contributed by atoms with van der Waals surface area (Å²) in [6.45, 7) is -0.0816. The van der Waals surface area contributed by atoms with E-state index in [0.717, 1.165) is 17.7 Å². The van der Waals surface area contributed by atoms with Crippen molar-refractivity contribution in [2.45, 2.75) is 12.5 Å². The van der Waals surface area contributed by atoms with Crippen molar-refractivity contribution in [3.05, 3.63) is 64.2 Å². The Morgan fingerprint density at radius 3 is 2.80 bits per heavy atom. The van der Waals surface area contributed by atoms with Crippen LogP contribution in [-0.4, -0.2) is 18.2 Å². The van der Waals surface area contributed by atoms with Gasteiger partial charge in [0.2, 0.25) is 0 Å². The molecule has 1 aliphatic rings. The van der Waals surface area contributed by atoms with E-state index in [1.807, 2.05) is 12.1 Å². The third-order valence-corrected chi connectivity index (χ3v) is 4.02. The first-order chi connectivity index (χ1) is 12.0. The fraction of sp³-hybridized carbons (Fsp3) is 0.176. The molecule has 1 unspecified atom stereocenters. The van der Waals surface area contributed by atoms with E-state index in [1.165, 1.54) is 0 Å². The van der Waals surface area contributed by atoms with Crippen molar-refractivity contribution in [2.24, 2.45) is 10.9 Å². The Kier molecular flexibility index (Phi) is 4.85. The number of hydrogen-bond acceptors (Lipinski definition) is 4. The fourth-order valence-corrected chi connectivity index (χ4v) is 2.70. The number of benzene rings is 2. The molecule has 0 radical (unpaired) electrons. The van der Waals surface area contributed by atoms with Crippen molar-refractivity contribution >= 4 is 23.2 Å². The predicted molar refractivity (Wildman–Crippen MR) is 87.7 cm³/mol. The van der Waals surface area contributed by atoms with Crippen molar-refractivity contribution in [1.29, 1.82) is 0 Å². The molecule has 2 aromatic carbocycles. The first-order valence-electron chi connectivity index (χ1n) is 7.34. The second kappa shape index (κ2) is 7.06. The number of nitrogens with zero attached hydrogens (tertiary/aromatic N) is 1. The summed E-state index contributed by atoms with van der Waals surface area (Å²) in [5.74, 6) is -3.69. The number of oxime groups is 1. The van der Waals surface area contributed by atoms with Gasteiger partial charge in [-0.05, 0) is 18.2 Å². The number of carbonyl (C=O) groups excluding carboxylic acids is 1. The molecule has 2 aromatic rings. The van der Waals surface area contributed by atoms with Crippen LogP contribution in [0.25, 0.3) is 0 Å². The van der Waals surface area contributed by atoms with Crippen molar-refractivity contribution in [1.82, 2.24) is 0 Å². The Morgan fingerprint density at radius 2 is 2.08 bits per heavy atom. The highest BCUT2D eigenvalue weighted by Gasteiger charge is 2.26. The molecule has 0 aliphatic carbocycles. The van der Waals surface area contributed by atoms with Crippen LogP contribution in [0, 0.1) is 11.6 Å². The Hall–Kier alpha value is -2.67. The average molecular weight is 367 g/mol. The van der Waals surface area contributed by atoms with E-state index >= 15 is 0 Å². The zero-order chi connectivity index (χ0) is 18.0. The molecule has 2 N–H and O–H groups in total. The van der Waals surface area contributed by atoms with E-state index < -0.39 is 23.1 Å². The molecule has 5 nitrogen and oxygen atoms in total. The summed E-state index contributed by atoms with van der Waals surface area (Å²) in [6.07, 6.45) is 0.0569. The molecular formula is C17H13ClF2N2O3. The average Bonchev–Trinajstić information content (AvgIpc) is 3.03. The Bertz CT molecular complexity index is 858. The van der Waals surface area contributed by atoms with Gasteiger partial charge in [-0.15, -0.1) is 0 Å². The number of primary amides is 1. The van der Waals surface area contributed by atoms with E-state index in [9.17, 15) is 13.6 Å². The number of carbonyl (C=O) groups is 1. The van der Waals surface area contributed by atoms with Gasteiger partial charge in [-0.2, -0.15) is 0 Å². The van der Waals surface area contributed by atoms with Crippen molar-refractivity contribution in [3.8, 4) is 5.75 Å². The number of amides is 1. The van der Waals surface area contributed by atoms with Gasteiger partial charge in [-0.1, -0.05) is 35.0 Å². The van der Waals surface area contributed by atoms with E-state index in [1.54, 1.807) is 12.1 Å². The number of nitrogens with two attached hydrogens (primary N) is 1. The van der Waals surface area contributed by atoms with Crippen LogP contribution < -0.4 is 10.5 Å². The summed E-state index contributed by atoms with van der Waals surface area (Å²) < 4.78 is 32.8. The standard InChI is InChI=1S/C17H13ClF2N2O3/c18-11-4-2-1-3-10(11)14-7-9(22-25-14)8-24-13-6-5-12(19)15(16(13)20)17(21)23/h1-6,14H,7-8H2,(H2,21,23). The minimum absolute atomic E-state index is 0.0816. The van der Waals surface area contributed by atoms with E-state index in [-0.39, 0.29) is 18.5 Å². The molecule has 0 spiro atoms. The zero-order valence-corrected chi connectivity index (χ0v) is 13.6. The molecule has 1 atom stereocenters. The monoisotopic (exact) mass is 366 g/mol. The summed E-state index contributed by atoms with van der Waals surface area (Å²) in [6, 6.07) is 9.20. The van der Waals surface area contributed by atoms with Crippen LogP contribution >= 0.6 is 11.6 Å². The van der Waals surface area contributed by atoms with E-state index in [0.29, 0.717) is 17.2 Å². The maximum Gasteiger partial charge on any atom is 0.254 e. The van der Waals surface area contributed by atoms with Crippen LogP contribution in [0.2, 0.25) is 5.02 Å². The second-order valence-electron chi connectivity index (χ2n) is 5.36. The number of halogens is 3. The van der Waals surface area contributed by atoms with E-state index in [4.69, 9.17) is 26.9 Å². The molecule has 0 saturated heterocycles. The lowest BCUT2D eigenvalue weighted by atomic mass is 10.0. The van der Waals surface area contributed by atoms with Crippen LogP contribution in [0.5, 0.6) is 5.75 Å². The van der Waals surface area contributed by atoms with Gasteiger partial charge in [0.05, 0.1) is 5.71 Å². The minimum atomic E-state index is -1.21. The predicted octanol–water partition coefficient (Wildman–Crippen LogP) is 3.61. The van der Waals surface area contributed by atoms with Crippen LogP contribution in [0.15, 0.2) is 41.6 Å². The van der Waals surface area contributed by atoms with Gasteiger partial charge in [0.25, 0.3) is 5.91 Å². The van der Waals surface area contributed by atoms with Crippen molar-refractivity contribution in [3.63, 3.8) is 0 Å². The summed E-state index contributed by atoms with van der Waals surface area (Å²) in [5.41, 5.74) is 5.44. The van der Waals surface area contributed by atoms with Crippen molar-refractivity contribution < 1.29 is 23.1 Å². The lowest BCUT2D eigenvalue weighted by Gasteiger charge is -2.10. The second-order valence-corrected chi connectivity index (χ2v) is 5.77. The topological polar surface area (TPSA) is 73.9 Å². The lowest BCUT2D eigenvalue weighted by molar-refractivity contribution is 0.0857. The molecule has 0 saturated carbocycles. The summed E-state index contributed by atoms with van der Waals surface area (Å²) in [5, 5.41) is 4.46. The van der Waals surface area contributed by atoms with Crippen LogP contribution in [0.1, 0.15) is 28.4 Å². The SMILES string of the molecule is NC(=O)c1c(F)ccc(OCC2=NOC(c3ccccc3Cl)C2)c1F. The molecule has 0 bridgehead atoms. The van der Waals surface area contributed by atoms with Gasteiger partial charge < -0.3 is 15.3 Å². The summed E-state index contributed by atoms with van der Waals surface area (Å²) in [4.78, 5) is 16.4. The summed E-state index contributed by atoms with van der Waals surface area (Å²) in [7, 11) is 0. The van der Waals surface area contributed by atoms with Crippen molar-refractivity contribution in [2.75, 3.05) is 6.61 Å². The van der Waals surface area contributed by atoms with E-state index in [2.05, 4.69) is 5.16 Å². The molecule has 3 rings (SSSR count). The molecule has 0 fully saturated rings. The first-order valence-corrected chi connectivity index (χ1v) is 7.71. The molecular weight excluding hydrogens is 354 g/mol. The normalized spacial score (nSPS) is 16.3. The first kappa shape index (κ1) is 17.2. The Labute approximate surface area is 147 Å². The molecule has 130 valence electrons. The van der Waals surface area contributed by atoms with Gasteiger partial charge in [-0.3, -0.25) is 4.79 Å². The zero-order valence-electron chi connectivity index (χ0n) is 12.8. The highest BCUT2D eigenvalue weighted by molar-refractivity contribution is 6.31. The smallest absolute Gasteiger partial charge is 0.254 e. The summed E-state index contributed by atoms with van der Waals surface area (Å²) >= 11 is 6.12. The number of ether oxygens (including phenoxy) is 1. The Morgan fingerprint density at radius 1 is 1.32 bits per heavy atom. The largest absolute Gasteiger partial charge is 0.484 e. The van der Waals surface area contributed by atoms with Crippen LogP contribution in [0.3, 0.4) is 0 Å². The molecule has 1 heterocycles. The quantitative estimate of drug-likeness (QED) is 0.878. The maximum atomic E-state index is 14.1.